The van der Waals surface area contributed by atoms with Gasteiger partial charge in [0.05, 0.1) is 6.54 Å². The number of aromatic nitrogens is 3. The van der Waals surface area contributed by atoms with Crippen LogP contribution in [0.15, 0.2) is 11.3 Å². The minimum absolute atomic E-state index is 0.623. The van der Waals surface area contributed by atoms with Crippen molar-refractivity contribution in [3.05, 3.63) is 12.2 Å². The third-order valence-electron chi connectivity index (χ3n) is 4.62. The van der Waals surface area contributed by atoms with Gasteiger partial charge in [-0.05, 0) is 32.9 Å². The third-order valence-corrected chi connectivity index (χ3v) is 4.62. The van der Waals surface area contributed by atoms with Gasteiger partial charge < -0.3 is 15.5 Å². The molecule has 1 aliphatic rings. The highest BCUT2D eigenvalue weighted by Crippen LogP contribution is 2.21. The first-order valence-corrected chi connectivity index (χ1v) is 8.68. The lowest BCUT2D eigenvalue weighted by Crippen LogP contribution is -2.39. The second-order valence-corrected chi connectivity index (χ2v) is 6.28. The van der Waals surface area contributed by atoms with Crippen molar-refractivity contribution in [3.8, 4) is 0 Å². The van der Waals surface area contributed by atoms with Crippen LogP contribution in [0.4, 0.5) is 0 Å². The highest BCUT2D eigenvalue weighted by molar-refractivity contribution is 5.79. The molecule has 23 heavy (non-hydrogen) atoms. The van der Waals surface area contributed by atoms with E-state index in [0.29, 0.717) is 6.54 Å². The molecule has 2 rings (SSSR count). The van der Waals surface area contributed by atoms with Crippen LogP contribution in [0.3, 0.4) is 0 Å². The second kappa shape index (κ2) is 9.50. The summed E-state index contributed by atoms with van der Waals surface area (Å²) >= 11 is 0. The average Bonchev–Trinajstić information content (AvgIpc) is 3.00. The molecular weight excluding hydrogens is 290 g/mol. The summed E-state index contributed by atoms with van der Waals surface area (Å²) in [5.74, 6) is 1.71. The molecule has 1 fully saturated rings. The molecule has 0 aliphatic heterocycles. The van der Waals surface area contributed by atoms with Gasteiger partial charge in [-0.25, -0.2) is 4.98 Å². The number of nitrogens with one attached hydrogen (secondary N) is 2. The van der Waals surface area contributed by atoms with E-state index in [4.69, 9.17) is 0 Å². The molecule has 130 valence electrons. The van der Waals surface area contributed by atoms with Crippen LogP contribution < -0.4 is 10.6 Å². The zero-order valence-corrected chi connectivity index (χ0v) is 14.8. The topological polar surface area (TPSA) is 70.4 Å². The van der Waals surface area contributed by atoms with Gasteiger partial charge in [0.2, 0.25) is 0 Å². The van der Waals surface area contributed by atoms with Gasteiger partial charge in [-0.1, -0.05) is 19.3 Å². The predicted molar refractivity (Wildman–Crippen MR) is 93.3 cm³/mol. The Bertz CT molecular complexity index is 477. The number of aliphatic imine (C=N–C) groups is 1. The summed E-state index contributed by atoms with van der Waals surface area (Å²) in [4.78, 5) is 11.0. The first kappa shape index (κ1) is 17.7. The molecule has 1 heterocycles. The number of rotatable bonds is 7. The molecule has 7 nitrogen and oxygen atoms in total. The van der Waals surface area contributed by atoms with Gasteiger partial charge in [0.15, 0.2) is 5.96 Å². The van der Waals surface area contributed by atoms with Crippen molar-refractivity contribution < 1.29 is 0 Å². The summed E-state index contributed by atoms with van der Waals surface area (Å²) < 4.78 is 1.76. The first-order valence-electron chi connectivity index (χ1n) is 8.68. The number of hydrogen-bond donors (Lipinski definition) is 2. The Kier molecular flexibility index (Phi) is 7.32. The minimum Gasteiger partial charge on any atom is -0.356 e. The smallest absolute Gasteiger partial charge is 0.191 e. The van der Waals surface area contributed by atoms with E-state index in [0.717, 1.165) is 37.3 Å². The van der Waals surface area contributed by atoms with Crippen molar-refractivity contribution in [1.82, 2.24) is 30.3 Å². The fourth-order valence-electron chi connectivity index (χ4n) is 3.10. The molecule has 1 aromatic heterocycles. The van der Waals surface area contributed by atoms with E-state index >= 15 is 0 Å². The van der Waals surface area contributed by atoms with E-state index in [1.54, 1.807) is 18.1 Å². The van der Waals surface area contributed by atoms with Gasteiger partial charge in [0.25, 0.3) is 0 Å². The van der Waals surface area contributed by atoms with Crippen molar-refractivity contribution in [2.75, 3.05) is 27.2 Å². The summed E-state index contributed by atoms with van der Waals surface area (Å²) in [6.45, 7) is 2.69. The number of hydrogen-bond acceptors (Lipinski definition) is 4. The monoisotopic (exact) mass is 321 g/mol. The maximum Gasteiger partial charge on any atom is 0.191 e. The van der Waals surface area contributed by atoms with Crippen LogP contribution in [0.1, 0.15) is 44.3 Å². The van der Waals surface area contributed by atoms with Crippen LogP contribution in [-0.4, -0.2) is 58.9 Å². The van der Waals surface area contributed by atoms with Crippen LogP contribution in [0.25, 0.3) is 0 Å². The highest BCUT2D eigenvalue weighted by atomic mass is 15.3. The van der Waals surface area contributed by atoms with E-state index in [2.05, 4.69) is 37.7 Å². The molecule has 7 heteroatoms. The summed E-state index contributed by atoms with van der Waals surface area (Å²) in [5.41, 5.74) is 0. The SMILES string of the molecule is CN=C(NCCCN(C)C1CCCCC1)NCc1ncnn1C. The predicted octanol–water partition coefficient (Wildman–Crippen LogP) is 1.13. The Morgan fingerprint density at radius 3 is 2.78 bits per heavy atom. The van der Waals surface area contributed by atoms with Crippen LogP contribution in [0, 0.1) is 0 Å². The van der Waals surface area contributed by atoms with Crippen molar-refractivity contribution in [1.29, 1.82) is 0 Å². The fourth-order valence-corrected chi connectivity index (χ4v) is 3.10. The number of nitrogens with zero attached hydrogens (tertiary/aromatic N) is 5. The van der Waals surface area contributed by atoms with E-state index < -0.39 is 0 Å². The van der Waals surface area contributed by atoms with E-state index in [-0.39, 0.29) is 0 Å². The maximum absolute atomic E-state index is 4.25. The minimum atomic E-state index is 0.623. The molecule has 0 radical (unpaired) electrons. The van der Waals surface area contributed by atoms with Crippen LogP contribution >= 0.6 is 0 Å². The highest BCUT2D eigenvalue weighted by Gasteiger charge is 2.17. The Morgan fingerprint density at radius 1 is 1.35 bits per heavy atom. The second-order valence-electron chi connectivity index (χ2n) is 6.28. The first-order chi connectivity index (χ1) is 11.2. The lowest BCUT2D eigenvalue weighted by Gasteiger charge is -2.31. The Morgan fingerprint density at radius 2 is 2.13 bits per heavy atom. The summed E-state index contributed by atoms with van der Waals surface area (Å²) in [7, 11) is 5.94. The molecule has 0 atom stereocenters. The molecule has 0 saturated heterocycles. The Labute approximate surface area is 139 Å². The lowest BCUT2D eigenvalue weighted by atomic mass is 9.94. The maximum atomic E-state index is 4.25. The van der Waals surface area contributed by atoms with Crippen molar-refractivity contribution in [2.45, 2.75) is 51.1 Å². The van der Waals surface area contributed by atoms with E-state index in [1.807, 2.05) is 7.05 Å². The summed E-state index contributed by atoms with van der Waals surface area (Å²) in [5, 5.41) is 10.7. The molecule has 1 aromatic rings. The molecule has 1 saturated carbocycles. The summed E-state index contributed by atoms with van der Waals surface area (Å²) in [6.07, 6.45) is 9.62. The van der Waals surface area contributed by atoms with Crippen LogP contribution in [0.2, 0.25) is 0 Å². The molecule has 2 N–H and O–H groups in total. The average molecular weight is 321 g/mol. The van der Waals surface area contributed by atoms with Gasteiger partial charge >= 0.3 is 0 Å². The van der Waals surface area contributed by atoms with Crippen LogP contribution in [-0.2, 0) is 13.6 Å². The van der Waals surface area contributed by atoms with Crippen molar-refractivity contribution in [2.24, 2.45) is 12.0 Å². The quantitative estimate of drug-likeness (QED) is 0.448. The van der Waals surface area contributed by atoms with Crippen molar-refractivity contribution >= 4 is 5.96 Å². The standard InChI is InChI=1S/C16H31N7/c1-17-16(19-12-15-20-13-21-23(15)3)18-10-7-11-22(2)14-8-5-4-6-9-14/h13-14H,4-12H2,1-3H3,(H2,17,18,19). The summed E-state index contributed by atoms with van der Waals surface area (Å²) in [6, 6.07) is 0.789. The van der Waals surface area contributed by atoms with E-state index in [1.165, 1.54) is 32.1 Å². The van der Waals surface area contributed by atoms with Gasteiger partial charge in [-0.2, -0.15) is 5.10 Å². The molecular formula is C16H31N7. The number of guanidine groups is 1. The number of aryl methyl sites for hydroxylation is 1. The van der Waals surface area contributed by atoms with Gasteiger partial charge in [-0.15, -0.1) is 0 Å². The molecule has 0 aromatic carbocycles. The zero-order valence-electron chi connectivity index (χ0n) is 14.8. The normalized spacial score (nSPS) is 16.8. The molecule has 0 bridgehead atoms. The largest absolute Gasteiger partial charge is 0.356 e. The van der Waals surface area contributed by atoms with Crippen LogP contribution in [0.5, 0.6) is 0 Å². The molecule has 0 amide bonds. The van der Waals surface area contributed by atoms with Gasteiger partial charge in [0, 0.05) is 26.7 Å². The van der Waals surface area contributed by atoms with Crippen molar-refractivity contribution in [3.63, 3.8) is 0 Å². The fraction of sp³-hybridized carbons (Fsp3) is 0.812. The Balaban J connectivity index is 1.61. The van der Waals surface area contributed by atoms with Gasteiger partial charge in [0.1, 0.15) is 12.2 Å². The molecule has 0 spiro atoms. The van der Waals surface area contributed by atoms with E-state index in [9.17, 15) is 0 Å². The van der Waals surface area contributed by atoms with Gasteiger partial charge in [-0.3, -0.25) is 9.67 Å². The zero-order chi connectivity index (χ0) is 16.5. The third kappa shape index (κ3) is 5.82. The lowest BCUT2D eigenvalue weighted by molar-refractivity contribution is 0.190. The molecule has 0 unspecified atom stereocenters. The Hall–Kier alpha value is -1.63. The molecule has 1 aliphatic carbocycles.